The third-order valence-corrected chi connectivity index (χ3v) is 9.60. The summed E-state index contributed by atoms with van der Waals surface area (Å²) in [5.74, 6) is 0.359. The minimum absolute atomic E-state index is 0.104. The Morgan fingerprint density at radius 3 is 2.10 bits per heavy atom. The van der Waals surface area contributed by atoms with E-state index in [4.69, 9.17) is 14.0 Å². The van der Waals surface area contributed by atoms with E-state index >= 15 is 0 Å². The summed E-state index contributed by atoms with van der Waals surface area (Å²) in [6, 6.07) is 17.2. The quantitative estimate of drug-likeness (QED) is 0.293. The van der Waals surface area contributed by atoms with Gasteiger partial charge in [0.1, 0.15) is 22.1 Å². The number of amides is 1. The molecule has 1 aliphatic rings. The van der Waals surface area contributed by atoms with Gasteiger partial charge < -0.3 is 14.0 Å². The molecule has 1 fully saturated rings. The van der Waals surface area contributed by atoms with Crippen molar-refractivity contribution in [3.63, 3.8) is 0 Å². The van der Waals surface area contributed by atoms with Gasteiger partial charge in [-0.2, -0.15) is 4.98 Å². The standard InChI is InChI=1S/C27H24FN3O6S2/c1-17-29-26(37-30-17)27(38-22-12-10-21(36-3)11-13-22)16-24(32)31(25(27)18-4-8-20(35-2)9-5-18)39(33,34)23-14-6-19(28)7-15-23/h4-15,25H,16H2,1-3H3/t25-,27-/m1/s1. The molecule has 12 heteroatoms. The van der Waals surface area contributed by atoms with E-state index in [0.717, 1.165) is 33.5 Å². The number of methoxy groups -OCH3 is 2. The molecule has 2 atom stereocenters. The van der Waals surface area contributed by atoms with Gasteiger partial charge in [0, 0.05) is 4.90 Å². The van der Waals surface area contributed by atoms with Gasteiger partial charge in [0.05, 0.1) is 31.6 Å². The van der Waals surface area contributed by atoms with Crippen molar-refractivity contribution >= 4 is 27.7 Å². The number of rotatable bonds is 8. The van der Waals surface area contributed by atoms with Crippen LogP contribution in [0.4, 0.5) is 4.39 Å². The Morgan fingerprint density at radius 1 is 0.974 bits per heavy atom. The number of thioether (sulfide) groups is 1. The van der Waals surface area contributed by atoms with Crippen molar-refractivity contribution in [2.45, 2.75) is 33.9 Å². The zero-order valence-corrected chi connectivity index (χ0v) is 22.8. The van der Waals surface area contributed by atoms with E-state index in [0.29, 0.717) is 22.9 Å². The molecule has 0 spiro atoms. The molecule has 39 heavy (non-hydrogen) atoms. The van der Waals surface area contributed by atoms with E-state index in [9.17, 15) is 17.6 Å². The van der Waals surface area contributed by atoms with Crippen molar-refractivity contribution in [2.75, 3.05) is 14.2 Å². The van der Waals surface area contributed by atoms with Gasteiger partial charge in [-0.3, -0.25) is 4.79 Å². The summed E-state index contributed by atoms with van der Waals surface area (Å²) in [5, 5.41) is 3.95. The maximum atomic E-state index is 14.0. The lowest BCUT2D eigenvalue weighted by Crippen LogP contribution is -2.38. The lowest BCUT2D eigenvalue weighted by atomic mass is 9.92. The highest BCUT2D eigenvalue weighted by molar-refractivity contribution is 8.00. The third kappa shape index (κ3) is 4.85. The number of ether oxygens (including phenoxy) is 2. The Kier molecular flexibility index (Phi) is 7.08. The molecule has 4 aromatic rings. The Labute approximate surface area is 229 Å². The van der Waals surface area contributed by atoms with Crippen LogP contribution in [0.2, 0.25) is 0 Å². The maximum Gasteiger partial charge on any atom is 0.267 e. The monoisotopic (exact) mass is 569 g/mol. The number of benzene rings is 3. The zero-order valence-electron chi connectivity index (χ0n) is 21.2. The SMILES string of the molecule is COc1ccc(S[C@]2(c3nc(C)no3)CC(=O)N(S(=O)(=O)c3ccc(F)cc3)[C@@H]2c2ccc(OC)cc2)cc1. The van der Waals surface area contributed by atoms with Gasteiger partial charge in [0.15, 0.2) is 5.82 Å². The van der Waals surface area contributed by atoms with Crippen LogP contribution in [-0.2, 0) is 19.6 Å². The molecule has 0 aliphatic carbocycles. The van der Waals surface area contributed by atoms with E-state index in [1.54, 1.807) is 62.6 Å². The molecule has 5 rings (SSSR count). The summed E-state index contributed by atoms with van der Waals surface area (Å²) in [7, 11) is -1.36. The molecule has 3 aromatic carbocycles. The first kappa shape index (κ1) is 26.7. The molecule has 1 aromatic heterocycles. The van der Waals surface area contributed by atoms with Gasteiger partial charge in [-0.05, 0) is 73.2 Å². The second kappa shape index (κ2) is 10.3. The molecule has 2 heterocycles. The summed E-state index contributed by atoms with van der Waals surface area (Å²) in [6.45, 7) is 1.64. The topological polar surface area (TPSA) is 112 Å². The average Bonchev–Trinajstić information content (AvgIpc) is 3.51. The van der Waals surface area contributed by atoms with Crippen LogP contribution in [0.5, 0.6) is 11.5 Å². The van der Waals surface area contributed by atoms with Crippen molar-refractivity contribution in [3.8, 4) is 11.5 Å². The fourth-order valence-electron chi connectivity index (χ4n) is 4.57. The third-order valence-electron chi connectivity index (χ3n) is 6.39. The van der Waals surface area contributed by atoms with Gasteiger partial charge in [0.25, 0.3) is 10.0 Å². The maximum absolute atomic E-state index is 14.0. The molecule has 202 valence electrons. The zero-order chi connectivity index (χ0) is 27.8. The Hall–Kier alpha value is -3.90. The smallest absolute Gasteiger partial charge is 0.267 e. The van der Waals surface area contributed by atoms with Gasteiger partial charge in [-0.15, -0.1) is 11.8 Å². The lowest BCUT2D eigenvalue weighted by molar-refractivity contribution is -0.124. The number of carbonyl (C=O) groups is 1. The van der Waals surface area contributed by atoms with E-state index in [-0.39, 0.29) is 17.2 Å². The number of hydrogen-bond acceptors (Lipinski definition) is 9. The molecule has 0 saturated carbocycles. The van der Waals surface area contributed by atoms with Crippen LogP contribution in [0, 0.1) is 12.7 Å². The minimum Gasteiger partial charge on any atom is -0.497 e. The van der Waals surface area contributed by atoms with Crippen LogP contribution in [0.1, 0.15) is 29.7 Å². The van der Waals surface area contributed by atoms with Gasteiger partial charge in [0.2, 0.25) is 11.8 Å². The number of aromatic nitrogens is 2. The summed E-state index contributed by atoms with van der Waals surface area (Å²) in [4.78, 5) is 18.7. The molecule has 1 aliphatic heterocycles. The van der Waals surface area contributed by atoms with Crippen molar-refractivity contribution in [1.82, 2.24) is 14.4 Å². The van der Waals surface area contributed by atoms with Crippen molar-refractivity contribution in [1.29, 1.82) is 0 Å². The second-order valence-corrected chi connectivity index (χ2v) is 12.0. The largest absolute Gasteiger partial charge is 0.497 e. The van der Waals surface area contributed by atoms with E-state index < -0.39 is 32.5 Å². The molecule has 0 radical (unpaired) electrons. The van der Waals surface area contributed by atoms with Gasteiger partial charge in [-0.25, -0.2) is 17.1 Å². The summed E-state index contributed by atoms with van der Waals surface area (Å²) in [5.41, 5.74) is 0.504. The van der Waals surface area contributed by atoms with Crippen LogP contribution >= 0.6 is 11.8 Å². The Balaban J connectivity index is 1.73. The highest BCUT2D eigenvalue weighted by atomic mass is 32.2. The lowest BCUT2D eigenvalue weighted by Gasteiger charge is -2.34. The summed E-state index contributed by atoms with van der Waals surface area (Å²) < 4.78 is 57.3. The first-order valence-corrected chi connectivity index (χ1v) is 14.0. The average molecular weight is 570 g/mol. The predicted octanol–water partition coefficient (Wildman–Crippen LogP) is 4.88. The molecular weight excluding hydrogens is 545 g/mol. The minimum atomic E-state index is -4.43. The molecular formula is C27H24FN3O6S2. The van der Waals surface area contributed by atoms with E-state index in [2.05, 4.69) is 10.1 Å². The van der Waals surface area contributed by atoms with E-state index in [1.807, 2.05) is 0 Å². The van der Waals surface area contributed by atoms with Crippen LogP contribution in [0.25, 0.3) is 0 Å². The van der Waals surface area contributed by atoms with Crippen LogP contribution < -0.4 is 9.47 Å². The first-order chi connectivity index (χ1) is 18.7. The summed E-state index contributed by atoms with van der Waals surface area (Å²) in [6.07, 6.45) is -0.261. The molecule has 0 N–H and O–H groups in total. The Morgan fingerprint density at radius 2 is 1.56 bits per heavy atom. The molecule has 1 amide bonds. The Bertz CT molecular complexity index is 1590. The van der Waals surface area contributed by atoms with Crippen molar-refractivity contribution in [3.05, 3.63) is 95.9 Å². The highest BCUT2D eigenvalue weighted by Crippen LogP contribution is 2.59. The molecule has 9 nitrogen and oxygen atoms in total. The van der Waals surface area contributed by atoms with Crippen molar-refractivity contribution in [2.24, 2.45) is 0 Å². The van der Waals surface area contributed by atoms with E-state index in [1.165, 1.54) is 18.9 Å². The molecule has 0 unspecified atom stereocenters. The predicted molar refractivity (Wildman–Crippen MR) is 140 cm³/mol. The van der Waals surface area contributed by atoms with Crippen LogP contribution in [-0.4, -0.2) is 43.0 Å². The van der Waals surface area contributed by atoms with Crippen molar-refractivity contribution < 1.29 is 31.6 Å². The number of halogens is 1. The highest BCUT2D eigenvalue weighted by Gasteiger charge is 2.61. The summed E-state index contributed by atoms with van der Waals surface area (Å²) >= 11 is 1.25. The number of sulfonamides is 1. The normalized spacial score (nSPS) is 19.3. The fraction of sp³-hybridized carbons (Fsp3) is 0.222. The second-order valence-electron chi connectivity index (χ2n) is 8.81. The van der Waals surface area contributed by atoms with Gasteiger partial charge in [-0.1, -0.05) is 17.3 Å². The van der Waals surface area contributed by atoms with Crippen LogP contribution in [0.3, 0.4) is 0 Å². The molecule has 0 bridgehead atoms. The first-order valence-electron chi connectivity index (χ1n) is 11.8. The number of aryl methyl sites for hydroxylation is 1. The number of carbonyl (C=O) groups excluding carboxylic acids is 1. The number of nitrogens with zero attached hydrogens (tertiary/aromatic N) is 3. The fourth-order valence-corrected chi connectivity index (χ4v) is 7.67. The van der Waals surface area contributed by atoms with Gasteiger partial charge >= 0.3 is 0 Å². The van der Waals surface area contributed by atoms with Crippen LogP contribution in [0.15, 0.2) is 87.1 Å². The number of hydrogen-bond donors (Lipinski definition) is 0. The molecule has 1 saturated heterocycles.